The summed E-state index contributed by atoms with van der Waals surface area (Å²) in [6.07, 6.45) is 20.5. The highest BCUT2D eigenvalue weighted by Gasteiger charge is 2.30. The molecule has 0 aliphatic carbocycles. The first kappa shape index (κ1) is 33.1. The van der Waals surface area contributed by atoms with E-state index in [1.54, 1.807) is 7.11 Å². The predicted molar refractivity (Wildman–Crippen MR) is 167 cm³/mol. The van der Waals surface area contributed by atoms with E-state index in [9.17, 15) is 8.78 Å². The first-order valence-electron chi connectivity index (χ1n) is 16.5. The molecule has 1 heterocycles. The van der Waals surface area contributed by atoms with Gasteiger partial charge in [0, 0.05) is 24.0 Å². The lowest BCUT2D eigenvalue weighted by molar-refractivity contribution is -0.546. The Morgan fingerprint density at radius 2 is 1.39 bits per heavy atom. The number of ether oxygens (including phenoxy) is 2. The number of rotatable bonds is 21. The highest BCUT2D eigenvalue weighted by atomic mass is 19.1. The van der Waals surface area contributed by atoms with Gasteiger partial charge in [0.1, 0.15) is 18.2 Å². The molecule has 1 aliphatic rings. The van der Waals surface area contributed by atoms with E-state index in [0.717, 1.165) is 43.7 Å². The van der Waals surface area contributed by atoms with Crippen LogP contribution in [0, 0.1) is 11.6 Å². The molecule has 0 saturated carbocycles. The number of benzene rings is 2. The van der Waals surface area contributed by atoms with E-state index in [1.165, 1.54) is 119 Å². The Morgan fingerprint density at radius 1 is 0.756 bits per heavy atom. The van der Waals surface area contributed by atoms with Crippen LogP contribution in [0.5, 0.6) is 11.5 Å². The Bertz CT molecular complexity index is 1080. The highest BCUT2D eigenvalue weighted by molar-refractivity contribution is 5.99. The normalized spacial score (nSPS) is 13.0. The molecule has 3 rings (SSSR count). The van der Waals surface area contributed by atoms with Crippen molar-refractivity contribution in [3.63, 3.8) is 0 Å². The van der Waals surface area contributed by atoms with Gasteiger partial charge in [-0.15, -0.1) is 0 Å². The van der Waals surface area contributed by atoms with Crippen molar-refractivity contribution in [3.05, 3.63) is 58.7 Å². The molecule has 0 N–H and O–H groups in total. The summed E-state index contributed by atoms with van der Waals surface area (Å²) in [4.78, 5) is 0. The van der Waals surface area contributed by atoms with Gasteiger partial charge in [0.15, 0.2) is 23.8 Å². The minimum atomic E-state index is -0.394. The van der Waals surface area contributed by atoms with Crippen LogP contribution in [-0.2, 0) is 13.0 Å². The van der Waals surface area contributed by atoms with Gasteiger partial charge in [0.25, 0.3) is 0 Å². The molecule has 228 valence electrons. The molecule has 0 amide bonds. The quantitative estimate of drug-likeness (QED) is 0.110. The van der Waals surface area contributed by atoms with E-state index in [2.05, 4.69) is 24.5 Å². The molecule has 41 heavy (non-hydrogen) atoms. The average Bonchev–Trinajstić information content (AvgIpc) is 2.98. The monoisotopic (exact) mass is 570 g/mol. The van der Waals surface area contributed by atoms with Crippen LogP contribution in [0.4, 0.5) is 8.78 Å². The van der Waals surface area contributed by atoms with E-state index >= 15 is 0 Å². The van der Waals surface area contributed by atoms with Crippen molar-refractivity contribution in [2.45, 2.75) is 130 Å². The second kappa shape index (κ2) is 18.9. The zero-order chi connectivity index (χ0) is 29.3. The van der Waals surface area contributed by atoms with Crippen molar-refractivity contribution < 1.29 is 22.8 Å². The van der Waals surface area contributed by atoms with Gasteiger partial charge in [0.05, 0.1) is 19.3 Å². The fourth-order valence-electron chi connectivity index (χ4n) is 5.99. The second-order valence-electron chi connectivity index (χ2n) is 11.7. The zero-order valence-electron chi connectivity index (χ0n) is 26.0. The maximum Gasteiger partial charge on any atom is 0.184 e. The van der Waals surface area contributed by atoms with Gasteiger partial charge < -0.3 is 9.47 Å². The van der Waals surface area contributed by atoms with Crippen molar-refractivity contribution in [1.82, 2.24) is 0 Å². The van der Waals surface area contributed by atoms with Crippen LogP contribution in [0.25, 0.3) is 0 Å². The third kappa shape index (κ3) is 10.7. The van der Waals surface area contributed by atoms with Crippen LogP contribution in [0.15, 0.2) is 30.3 Å². The standard InChI is InChI=1S/C36H54F2NO2/c1-4-6-8-10-12-13-14-15-17-19-34-31-21-23-35(40-3)36(41-26-18-16-11-9-7-5-2)32(31)24-25-39(34)28-29-27-30(37)20-22-33(29)38/h20-23,27H,4-19,24-26,28H2,1-3H3/q+1. The first-order valence-corrected chi connectivity index (χ1v) is 16.5. The van der Waals surface area contributed by atoms with Crippen LogP contribution in [-0.4, -0.2) is 30.5 Å². The highest BCUT2D eigenvalue weighted by Crippen LogP contribution is 2.37. The molecular formula is C36H54F2NO2+. The predicted octanol–water partition coefficient (Wildman–Crippen LogP) is 10.2. The van der Waals surface area contributed by atoms with E-state index in [1.807, 2.05) is 6.07 Å². The van der Waals surface area contributed by atoms with Crippen LogP contribution in [0.2, 0.25) is 0 Å². The van der Waals surface area contributed by atoms with Crippen LogP contribution in [0.3, 0.4) is 0 Å². The molecule has 0 radical (unpaired) electrons. The molecule has 0 bridgehead atoms. The number of nitrogens with zero attached hydrogens (tertiary/aromatic N) is 1. The van der Waals surface area contributed by atoms with Crippen LogP contribution < -0.4 is 9.47 Å². The van der Waals surface area contributed by atoms with Gasteiger partial charge in [-0.05, 0) is 43.2 Å². The molecule has 0 spiro atoms. The number of hydrogen-bond donors (Lipinski definition) is 0. The van der Waals surface area contributed by atoms with Gasteiger partial charge in [-0.1, -0.05) is 97.3 Å². The number of unbranched alkanes of at least 4 members (excludes halogenated alkanes) is 13. The van der Waals surface area contributed by atoms with E-state index < -0.39 is 5.82 Å². The smallest absolute Gasteiger partial charge is 0.184 e. The summed E-state index contributed by atoms with van der Waals surface area (Å²) in [7, 11) is 1.70. The molecule has 2 aromatic rings. The van der Waals surface area contributed by atoms with Gasteiger partial charge in [-0.25, -0.2) is 13.4 Å². The van der Waals surface area contributed by atoms with Crippen LogP contribution in [0.1, 0.15) is 133 Å². The molecule has 1 aliphatic heterocycles. The fourth-order valence-corrected chi connectivity index (χ4v) is 5.99. The van der Waals surface area contributed by atoms with Gasteiger partial charge >= 0.3 is 0 Å². The van der Waals surface area contributed by atoms with E-state index in [0.29, 0.717) is 18.7 Å². The third-order valence-electron chi connectivity index (χ3n) is 8.40. The van der Waals surface area contributed by atoms with Crippen molar-refractivity contribution >= 4 is 5.71 Å². The number of hydrogen-bond acceptors (Lipinski definition) is 2. The van der Waals surface area contributed by atoms with Crippen molar-refractivity contribution in [2.24, 2.45) is 0 Å². The summed E-state index contributed by atoms with van der Waals surface area (Å²) >= 11 is 0. The summed E-state index contributed by atoms with van der Waals surface area (Å²) in [6.45, 7) is 6.30. The summed E-state index contributed by atoms with van der Waals surface area (Å²) in [5.41, 5.74) is 3.99. The van der Waals surface area contributed by atoms with Gasteiger partial charge in [-0.3, -0.25) is 0 Å². The number of halogens is 2. The molecule has 3 nitrogen and oxygen atoms in total. The maximum atomic E-state index is 14.6. The van der Waals surface area contributed by atoms with Gasteiger partial charge in [0.2, 0.25) is 0 Å². The lowest BCUT2D eigenvalue weighted by Gasteiger charge is -2.23. The first-order chi connectivity index (χ1) is 20.1. The zero-order valence-corrected chi connectivity index (χ0v) is 26.0. The minimum absolute atomic E-state index is 0.350. The minimum Gasteiger partial charge on any atom is -0.493 e. The summed E-state index contributed by atoms with van der Waals surface area (Å²) in [5.74, 6) is 0.897. The molecule has 0 aromatic heterocycles. The number of fused-ring (bicyclic) bond motifs is 1. The molecule has 0 atom stereocenters. The third-order valence-corrected chi connectivity index (χ3v) is 8.40. The topological polar surface area (TPSA) is 21.5 Å². The maximum absolute atomic E-state index is 14.6. The Hall–Kier alpha value is -2.43. The fraction of sp³-hybridized carbons (Fsp3) is 0.639. The molecule has 5 heteroatoms. The lowest BCUT2D eigenvalue weighted by Crippen LogP contribution is -2.31. The Morgan fingerprint density at radius 3 is 2.05 bits per heavy atom. The molecule has 2 aromatic carbocycles. The van der Waals surface area contributed by atoms with Crippen molar-refractivity contribution in [2.75, 3.05) is 20.3 Å². The second-order valence-corrected chi connectivity index (χ2v) is 11.7. The van der Waals surface area contributed by atoms with E-state index in [-0.39, 0.29) is 5.82 Å². The molecule has 0 unspecified atom stereocenters. The van der Waals surface area contributed by atoms with Gasteiger partial charge in [-0.2, -0.15) is 0 Å². The Kier molecular flexibility index (Phi) is 15.2. The molecular weight excluding hydrogens is 516 g/mol. The summed E-state index contributed by atoms with van der Waals surface area (Å²) in [5, 5.41) is 0. The molecule has 0 saturated heterocycles. The summed E-state index contributed by atoms with van der Waals surface area (Å²) < 4.78 is 43.0. The largest absolute Gasteiger partial charge is 0.493 e. The van der Waals surface area contributed by atoms with Crippen molar-refractivity contribution in [1.29, 1.82) is 0 Å². The molecule has 0 fully saturated rings. The average molecular weight is 571 g/mol. The lowest BCUT2D eigenvalue weighted by atomic mass is 9.91. The Balaban J connectivity index is 1.75. The Labute approximate surface area is 248 Å². The summed E-state index contributed by atoms with van der Waals surface area (Å²) in [6, 6.07) is 7.92. The SMILES string of the molecule is CCCCCCCCCCCC1=[N+](Cc2cc(F)ccc2F)CCc2c1ccc(OC)c2OCCCCCCCC. The number of methoxy groups -OCH3 is 1. The van der Waals surface area contributed by atoms with E-state index in [4.69, 9.17) is 9.47 Å². The van der Waals surface area contributed by atoms with Crippen LogP contribution >= 0.6 is 0 Å². The van der Waals surface area contributed by atoms with Crippen molar-refractivity contribution in [3.8, 4) is 11.5 Å².